The highest BCUT2D eigenvalue weighted by atomic mass is 35.5. The van der Waals surface area contributed by atoms with Crippen molar-refractivity contribution in [3.8, 4) is 0 Å². The summed E-state index contributed by atoms with van der Waals surface area (Å²) in [5, 5.41) is 3.97. The highest BCUT2D eigenvalue weighted by Crippen LogP contribution is 2.18. The van der Waals surface area contributed by atoms with Gasteiger partial charge in [0.25, 0.3) is 0 Å². The van der Waals surface area contributed by atoms with Crippen LogP contribution in [-0.2, 0) is 6.54 Å². The van der Waals surface area contributed by atoms with Gasteiger partial charge in [-0.1, -0.05) is 11.6 Å². The molecule has 1 aromatic heterocycles. The lowest BCUT2D eigenvalue weighted by atomic mass is 10.1. The largest absolute Gasteiger partial charge is 0.316 e. The highest BCUT2D eigenvalue weighted by molar-refractivity contribution is 6.32. The molecule has 1 aliphatic rings. The maximum absolute atomic E-state index is 6.04. The van der Waals surface area contributed by atoms with E-state index in [2.05, 4.69) is 20.2 Å². The first-order valence-corrected chi connectivity index (χ1v) is 6.51. The number of rotatable bonds is 3. The van der Waals surface area contributed by atoms with E-state index < -0.39 is 0 Å². The minimum Gasteiger partial charge on any atom is -0.316 e. The Balaban J connectivity index is 2.00. The zero-order valence-corrected chi connectivity index (χ0v) is 11.3. The summed E-state index contributed by atoms with van der Waals surface area (Å²) in [6.45, 7) is 2.92. The van der Waals surface area contributed by atoms with E-state index in [4.69, 9.17) is 23.2 Å². The molecule has 0 amide bonds. The zero-order valence-electron chi connectivity index (χ0n) is 9.79. The number of halogens is 2. The minimum atomic E-state index is 0.200. The van der Waals surface area contributed by atoms with Gasteiger partial charge in [-0.25, -0.2) is 9.97 Å². The minimum absolute atomic E-state index is 0.200. The average Bonchev–Trinajstić information content (AvgIpc) is 2.33. The van der Waals surface area contributed by atoms with E-state index in [1.54, 1.807) is 6.20 Å². The van der Waals surface area contributed by atoms with Crippen LogP contribution in [0.15, 0.2) is 6.20 Å². The number of nitrogens with zero attached hydrogens (tertiary/aromatic N) is 3. The monoisotopic (exact) mass is 274 g/mol. The Labute approximate surface area is 111 Å². The average molecular weight is 275 g/mol. The van der Waals surface area contributed by atoms with Gasteiger partial charge in [-0.2, -0.15) is 0 Å². The van der Waals surface area contributed by atoms with Gasteiger partial charge in [0.05, 0.1) is 0 Å². The van der Waals surface area contributed by atoms with E-state index >= 15 is 0 Å². The Hall–Kier alpha value is -0.420. The summed E-state index contributed by atoms with van der Waals surface area (Å²) in [7, 11) is 2.01. The van der Waals surface area contributed by atoms with Crippen LogP contribution in [-0.4, -0.2) is 41.0 Å². The van der Waals surface area contributed by atoms with Gasteiger partial charge in [0.15, 0.2) is 0 Å². The van der Waals surface area contributed by atoms with E-state index in [-0.39, 0.29) is 5.28 Å². The Morgan fingerprint density at radius 1 is 1.53 bits per heavy atom. The first-order valence-electron chi connectivity index (χ1n) is 5.75. The van der Waals surface area contributed by atoms with Crippen LogP contribution in [0.3, 0.4) is 0 Å². The Kier molecular flexibility index (Phi) is 4.56. The molecule has 6 heteroatoms. The number of piperidine rings is 1. The van der Waals surface area contributed by atoms with Gasteiger partial charge in [0, 0.05) is 30.9 Å². The number of likely N-dealkylation sites (tertiary alicyclic amines) is 1. The number of aromatic nitrogens is 2. The first-order chi connectivity index (χ1) is 8.19. The van der Waals surface area contributed by atoms with E-state index in [1.165, 1.54) is 12.8 Å². The zero-order chi connectivity index (χ0) is 12.3. The quantitative estimate of drug-likeness (QED) is 0.676. The third-order valence-electron chi connectivity index (χ3n) is 3.09. The lowest BCUT2D eigenvalue weighted by Gasteiger charge is -2.32. The van der Waals surface area contributed by atoms with Crippen LogP contribution in [0.2, 0.25) is 10.4 Å². The summed E-state index contributed by atoms with van der Waals surface area (Å²) < 4.78 is 0. The topological polar surface area (TPSA) is 41.0 Å². The summed E-state index contributed by atoms with van der Waals surface area (Å²) in [6, 6.07) is 0.566. The number of hydrogen-bond donors (Lipinski definition) is 1. The molecule has 0 bridgehead atoms. The summed E-state index contributed by atoms with van der Waals surface area (Å²) in [6.07, 6.45) is 4.15. The van der Waals surface area contributed by atoms with Crippen molar-refractivity contribution in [2.45, 2.75) is 25.4 Å². The highest BCUT2D eigenvalue weighted by Gasteiger charge is 2.19. The second kappa shape index (κ2) is 5.96. The Morgan fingerprint density at radius 3 is 3.06 bits per heavy atom. The van der Waals surface area contributed by atoms with Crippen LogP contribution in [0.25, 0.3) is 0 Å². The summed E-state index contributed by atoms with van der Waals surface area (Å²) in [4.78, 5) is 10.3. The van der Waals surface area contributed by atoms with Gasteiger partial charge in [-0.15, -0.1) is 0 Å². The van der Waals surface area contributed by atoms with Gasteiger partial charge in [0.2, 0.25) is 5.28 Å². The molecule has 1 atom stereocenters. The maximum atomic E-state index is 6.04. The van der Waals surface area contributed by atoms with Crippen molar-refractivity contribution in [1.82, 2.24) is 20.2 Å². The van der Waals surface area contributed by atoms with Crippen LogP contribution in [0.1, 0.15) is 18.4 Å². The van der Waals surface area contributed by atoms with Gasteiger partial charge in [0.1, 0.15) is 5.15 Å². The number of hydrogen-bond acceptors (Lipinski definition) is 4. The summed E-state index contributed by atoms with van der Waals surface area (Å²) in [5.74, 6) is 0. The third kappa shape index (κ3) is 3.52. The van der Waals surface area contributed by atoms with Crippen molar-refractivity contribution in [3.05, 3.63) is 22.2 Å². The van der Waals surface area contributed by atoms with Crippen LogP contribution >= 0.6 is 23.2 Å². The van der Waals surface area contributed by atoms with E-state index in [0.29, 0.717) is 11.2 Å². The third-order valence-corrected chi connectivity index (χ3v) is 3.60. The molecule has 94 valence electrons. The SMILES string of the molecule is CN[C@@H]1CCCN(Cc2cnc(Cl)nc2Cl)C1. The van der Waals surface area contributed by atoms with Crippen LogP contribution in [0.4, 0.5) is 0 Å². The lowest BCUT2D eigenvalue weighted by Crippen LogP contribution is -2.43. The second-order valence-electron chi connectivity index (χ2n) is 4.32. The van der Waals surface area contributed by atoms with Crippen LogP contribution in [0.5, 0.6) is 0 Å². The molecule has 1 aromatic rings. The molecule has 0 saturated carbocycles. The van der Waals surface area contributed by atoms with E-state index in [9.17, 15) is 0 Å². The molecule has 1 aliphatic heterocycles. The molecular weight excluding hydrogens is 259 g/mol. The van der Waals surface area contributed by atoms with E-state index in [0.717, 1.165) is 25.2 Å². The van der Waals surface area contributed by atoms with Gasteiger partial charge in [-0.3, -0.25) is 4.90 Å². The predicted molar refractivity (Wildman–Crippen MR) is 69.4 cm³/mol. The molecule has 0 aromatic carbocycles. The molecule has 1 N–H and O–H groups in total. The smallest absolute Gasteiger partial charge is 0.223 e. The predicted octanol–water partition coefficient (Wildman–Crippen LogP) is 1.97. The fourth-order valence-corrected chi connectivity index (χ4v) is 2.51. The molecule has 17 heavy (non-hydrogen) atoms. The van der Waals surface area contributed by atoms with Gasteiger partial charge in [-0.05, 0) is 38.0 Å². The van der Waals surface area contributed by atoms with Crippen molar-refractivity contribution in [2.75, 3.05) is 20.1 Å². The molecule has 0 spiro atoms. The maximum Gasteiger partial charge on any atom is 0.223 e. The normalized spacial score (nSPS) is 21.7. The van der Waals surface area contributed by atoms with Gasteiger partial charge < -0.3 is 5.32 Å². The van der Waals surface area contributed by atoms with Crippen molar-refractivity contribution in [2.24, 2.45) is 0 Å². The summed E-state index contributed by atoms with van der Waals surface area (Å²) in [5.41, 5.74) is 0.938. The molecule has 2 rings (SSSR count). The second-order valence-corrected chi connectivity index (χ2v) is 5.01. The van der Waals surface area contributed by atoms with E-state index in [1.807, 2.05) is 7.05 Å². The number of nitrogens with one attached hydrogen (secondary N) is 1. The van der Waals surface area contributed by atoms with Gasteiger partial charge >= 0.3 is 0 Å². The van der Waals surface area contributed by atoms with Crippen molar-refractivity contribution in [3.63, 3.8) is 0 Å². The van der Waals surface area contributed by atoms with Crippen molar-refractivity contribution in [1.29, 1.82) is 0 Å². The molecule has 1 fully saturated rings. The fraction of sp³-hybridized carbons (Fsp3) is 0.636. The standard InChI is InChI=1S/C11H16Cl2N4/c1-14-9-3-2-4-17(7-9)6-8-5-15-11(13)16-10(8)12/h5,9,14H,2-4,6-7H2,1H3/t9-/m1/s1. The summed E-state index contributed by atoms with van der Waals surface area (Å²) >= 11 is 11.7. The first kappa shape index (κ1) is 13.0. The molecule has 0 radical (unpaired) electrons. The molecular formula is C11H16Cl2N4. The van der Waals surface area contributed by atoms with Crippen LogP contribution < -0.4 is 5.32 Å². The fourth-order valence-electron chi connectivity index (χ4n) is 2.15. The van der Waals surface area contributed by atoms with Crippen molar-refractivity contribution < 1.29 is 0 Å². The molecule has 2 heterocycles. The molecule has 1 saturated heterocycles. The lowest BCUT2D eigenvalue weighted by molar-refractivity contribution is 0.187. The Bertz CT molecular complexity index is 386. The Morgan fingerprint density at radius 2 is 2.35 bits per heavy atom. The molecule has 4 nitrogen and oxygen atoms in total. The molecule has 0 aliphatic carbocycles. The number of likely N-dealkylation sites (N-methyl/N-ethyl adjacent to an activating group) is 1. The van der Waals surface area contributed by atoms with Crippen LogP contribution in [0, 0.1) is 0 Å². The van der Waals surface area contributed by atoms with Crippen molar-refractivity contribution >= 4 is 23.2 Å². The molecule has 0 unspecified atom stereocenters.